The normalized spacial score (nSPS) is 37.2. The van der Waals surface area contributed by atoms with Crippen molar-refractivity contribution in [2.45, 2.75) is 55.1 Å². The van der Waals surface area contributed by atoms with Gasteiger partial charge in [-0.25, -0.2) is 0 Å². The summed E-state index contributed by atoms with van der Waals surface area (Å²) >= 11 is 0. The number of aliphatic hydroxyl groups is 9. The standard InChI is InChI=1S/C12H24O11/c13-1-4(16)7(18)11(5(17)2-14)23-12-10(21)9(20)8(19)6(3-15)22-12/h4-21H,1-3H2/t4-,5+,6-,7-,8+,9+,10-,11+,12+/m1/s1. The fourth-order valence-electron chi connectivity index (χ4n) is 2.16. The largest absolute Gasteiger partial charge is 0.394 e. The second-order valence-corrected chi connectivity index (χ2v) is 5.29. The zero-order chi connectivity index (χ0) is 17.7. The van der Waals surface area contributed by atoms with Gasteiger partial charge in [0.1, 0.15) is 48.8 Å². The van der Waals surface area contributed by atoms with Gasteiger partial charge >= 0.3 is 0 Å². The van der Waals surface area contributed by atoms with Crippen LogP contribution in [0.2, 0.25) is 0 Å². The molecule has 1 fully saturated rings. The van der Waals surface area contributed by atoms with Crippen molar-refractivity contribution in [2.75, 3.05) is 19.8 Å². The first-order valence-corrected chi connectivity index (χ1v) is 7.00. The van der Waals surface area contributed by atoms with E-state index in [-0.39, 0.29) is 0 Å². The SMILES string of the molecule is OC[C@@H](O)[C@@H](O)[C@@H](O[C@@H]1O[C@H](CO)[C@H](O)[C@H](O)[C@H]1O)[C@@H](O)CO. The average Bonchev–Trinajstić information content (AvgIpc) is 2.57. The van der Waals surface area contributed by atoms with Crippen LogP contribution >= 0.6 is 0 Å². The molecule has 11 heteroatoms. The van der Waals surface area contributed by atoms with Gasteiger partial charge in [0.05, 0.1) is 19.8 Å². The lowest BCUT2D eigenvalue weighted by Gasteiger charge is -2.42. The van der Waals surface area contributed by atoms with Gasteiger partial charge in [0.25, 0.3) is 0 Å². The van der Waals surface area contributed by atoms with Crippen LogP contribution in [-0.4, -0.2) is 121 Å². The minimum Gasteiger partial charge on any atom is -0.394 e. The van der Waals surface area contributed by atoms with Gasteiger partial charge in [-0.05, 0) is 0 Å². The molecule has 0 aromatic carbocycles. The van der Waals surface area contributed by atoms with Gasteiger partial charge in [0.2, 0.25) is 0 Å². The van der Waals surface area contributed by atoms with Crippen molar-refractivity contribution in [1.29, 1.82) is 0 Å². The molecule has 1 aliphatic rings. The molecule has 138 valence electrons. The molecule has 0 amide bonds. The third-order valence-corrected chi connectivity index (χ3v) is 3.62. The predicted octanol–water partition coefficient (Wildman–Crippen LogP) is -5.76. The van der Waals surface area contributed by atoms with Gasteiger partial charge in [0.15, 0.2) is 6.29 Å². The van der Waals surface area contributed by atoms with Crippen LogP contribution in [0.25, 0.3) is 0 Å². The first-order chi connectivity index (χ1) is 10.8. The highest BCUT2D eigenvalue weighted by molar-refractivity contribution is 4.91. The lowest BCUT2D eigenvalue weighted by atomic mass is 9.98. The molecule has 9 atom stereocenters. The van der Waals surface area contributed by atoms with Crippen LogP contribution in [-0.2, 0) is 9.47 Å². The zero-order valence-electron chi connectivity index (χ0n) is 12.2. The molecule has 0 aromatic heterocycles. The van der Waals surface area contributed by atoms with Crippen LogP contribution in [0.5, 0.6) is 0 Å². The van der Waals surface area contributed by atoms with Crippen LogP contribution in [0, 0.1) is 0 Å². The molecule has 0 aromatic rings. The molecule has 0 spiro atoms. The summed E-state index contributed by atoms with van der Waals surface area (Å²) in [5.74, 6) is 0. The highest BCUT2D eigenvalue weighted by Gasteiger charge is 2.46. The molecule has 1 aliphatic heterocycles. The number of rotatable bonds is 8. The minimum absolute atomic E-state index is 0.708. The summed E-state index contributed by atoms with van der Waals surface area (Å²) in [6.45, 7) is -2.45. The van der Waals surface area contributed by atoms with E-state index in [0.717, 1.165) is 0 Å². The fraction of sp³-hybridized carbons (Fsp3) is 1.00. The third-order valence-electron chi connectivity index (χ3n) is 3.62. The molecule has 1 saturated heterocycles. The summed E-state index contributed by atoms with van der Waals surface area (Å²) in [7, 11) is 0. The fourth-order valence-corrected chi connectivity index (χ4v) is 2.16. The quantitative estimate of drug-likeness (QED) is 0.203. The van der Waals surface area contributed by atoms with Gasteiger partial charge in [-0.2, -0.15) is 0 Å². The maximum Gasteiger partial charge on any atom is 0.187 e. The van der Waals surface area contributed by atoms with E-state index in [1.165, 1.54) is 0 Å². The first kappa shape index (κ1) is 20.6. The molecular formula is C12H24O11. The van der Waals surface area contributed by atoms with Crippen LogP contribution < -0.4 is 0 Å². The Morgan fingerprint density at radius 2 is 1.39 bits per heavy atom. The Morgan fingerprint density at radius 3 is 1.87 bits per heavy atom. The summed E-state index contributed by atoms with van der Waals surface area (Å²) in [6.07, 6.45) is -15.1. The number of hydrogen-bond acceptors (Lipinski definition) is 11. The summed E-state index contributed by atoms with van der Waals surface area (Å²) in [5.41, 5.74) is 0. The Kier molecular flexibility index (Phi) is 8.20. The van der Waals surface area contributed by atoms with Gasteiger partial charge in [-0.15, -0.1) is 0 Å². The van der Waals surface area contributed by atoms with E-state index in [0.29, 0.717) is 0 Å². The molecule has 1 rings (SSSR count). The predicted molar refractivity (Wildman–Crippen MR) is 70.8 cm³/mol. The van der Waals surface area contributed by atoms with Crippen LogP contribution in [0.1, 0.15) is 0 Å². The average molecular weight is 344 g/mol. The summed E-state index contributed by atoms with van der Waals surface area (Å²) in [6, 6.07) is 0. The Labute approximate surface area is 131 Å². The lowest BCUT2D eigenvalue weighted by molar-refractivity contribution is -0.327. The number of hydrogen-bond donors (Lipinski definition) is 9. The maximum absolute atomic E-state index is 9.83. The van der Waals surface area contributed by atoms with Crippen LogP contribution in [0.3, 0.4) is 0 Å². The molecule has 0 unspecified atom stereocenters. The second kappa shape index (κ2) is 9.15. The monoisotopic (exact) mass is 344 g/mol. The van der Waals surface area contributed by atoms with Crippen molar-refractivity contribution in [3.63, 3.8) is 0 Å². The Morgan fingerprint density at radius 1 is 0.826 bits per heavy atom. The van der Waals surface area contributed by atoms with E-state index < -0.39 is 74.9 Å². The molecule has 11 nitrogen and oxygen atoms in total. The van der Waals surface area contributed by atoms with Crippen molar-refractivity contribution in [1.82, 2.24) is 0 Å². The molecular weight excluding hydrogens is 320 g/mol. The molecule has 0 bridgehead atoms. The Hall–Kier alpha value is -0.440. The van der Waals surface area contributed by atoms with E-state index >= 15 is 0 Å². The second-order valence-electron chi connectivity index (χ2n) is 5.29. The maximum atomic E-state index is 9.83. The van der Waals surface area contributed by atoms with Crippen molar-refractivity contribution < 1.29 is 55.4 Å². The number of aliphatic hydroxyl groups excluding tert-OH is 9. The summed E-state index contributed by atoms with van der Waals surface area (Å²) < 4.78 is 10.1. The van der Waals surface area contributed by atoms with Gasteiger partial charge in [0, 0.05) is 0 Å². The third kappa shape index (κ3) is 4.78. The Bertz CT molecular complexity index is 341. The van der Waals surface area contributed by atoms with Crippen molar-refractivity contribution in [3.05, 3.63) is 0 Å². The lowest BCUT2D eigenvalue weighted by Crippen LogP contribution is -2.61. The zero-order valence-corrected chi connectivity index (χ0v) is 12.2. The van der Waals surface area contributed by atoms with E-state index in [1.807, 2.05) is 0 Å². The van der Waals surface area contributed by atoms with Gasteiger partial charge < -0.3 is 55.4 Å². The smallest absolute Gasteiger partial charge is 0.187 e. The van der Waals surface area contributed by atoms with E-state index in [4.69, 9.17) is 24.8 Å². The van der Waals surface area contributed by atoms with Crippen LogP contribution in [0.4, 0.5) is 0 Å². The molecule has 0 saturated carbocycles. The highest BCUT2D eigenvalue weighted by Crippen LogP contribution is 2.24. The topological polar surface area (TPSA) is 201 Å². The van der Waals surface area contributed by atoms with E-state index in [2.05, 4.69) is 0 Å². The number of ether oxygens (including phenoxy) is 2. The minimum atomic E-state index is -1.85. The van der Waals surface area contributed by atoms with Crippen molar-refractivity contribution in [2.24, 2.45) is 0 Å². The Balaban J connectivity index is 2.89. The highest BCUT2D eigenvalue weighted by atomic mass is 16.7. The van der Waals surface area contributed by atoms with E-state index in [1.54, 1.807) is 0 Å². The van der Waals surface area contributed by atoms with Crippen molar-refractivity contribution >= 4 is 0 Å². The molecule has 0 radical (unpaired) electrons. The first-order valence-electron chi connectivity index (χ1n) is 7.00. The van der Waals surface area contributed by atoms with Crippen molar-refractivity contribution in [3.8, 4) is 0 Å². The van der Waals surface area contributed by atoms with Gasteiger partial charge in [-0.1, -0.05) is 0 Å². The molecule has 1 heterocycles. The van der Waals surface area contributed by atoms with E-state index in [9.17, 15) is 30.6 Å². The summed E-state index contributed by atoms with van der Waals surface area (Å²) in [5, 5.41) is 84.9. The molecule has 23 heavy (non-hydrogen) atoms. The molecule has 9 N–H and O–H groups in total. The van der Waals surface area contributed by atoms with Crippen LogP contribution in [0.15, 0.2) is 0 Å². The van der Waals surface area contributed by atoms with Gasteiger partial charge in [-0.3, -0.25) is 0 Å². The summed E-state index contributed by atoms with van der Waals surface area (Å²) in [4.78, 5) is 0. The molecule has 0 aliphatic carbocycles.